The van der Waals surface area contributed by atoms with Crippen molar-refractivity contribution in [1.82, 2.24) is 29.9 Å². The van der Waals surface area contributed by atoms with E-state index in [0.29, 0.717) is 0 Å². The number of hydrogen-bond acceptors (Lipinski definition) is 14. The van der Waals surface area contributed by atoms with Gasteiger partial charge in [0.25, 0.3) is 17.2 Å². The van der Waals surface area contributed by atoms with E-state index < -0.39 is 0 Å². The average molecular weight is 1810 g/mol. The average Bonchev–Trinajstić information content (AvgIpc) is 1.32. The van der Waals surface area contributed by atoms with Crippen molar-refractivity contribution in [3.63, 3.8) is 0 Å². The van der Waals surface area contributed by atoms with E-state index in [-0.39, 0.29) is 67.6 Å². The van der Waals surface area contributed by atoms with Crippen molar-refractivity contribution in [2.45, 2.75) is 0 Å². The van der Waals surface area contributed by atoms with Gasteiger partial charge in [-0.05, 0) is 187 Å². The Morgan fingerprint density at radius 2 is 0.454 bits per heavy atom. The number of nitriles is 3. The summed E-state index contributed by atoms with van der Waals surface area (Å²) in [7, 11) is 0. The Labute approximate surface area is 810 Å². The molecule has 19 aromatic carbocycles. The minimum atomic E-state index is -0.298. The molecule has 0 spiro atoms. The van der Waals surface area contributed by atoms with Gasteiger partial charge in [-0.15, -0.1) is 15.0 Å². The van der Waals surface area contributed by atoms with E-state index in [2.05, 4.69) is 478 Å². The van der Waals surface area contributed by atoms with Gasteiger partial charge >= 0.3 is 5.82 Å². The molecule has 0 aliphatic rings. The van der Waals surface area contributed by atoms with Crippen LogP contribution < -0.4 is 14.7 Å². The van der Waals surface area contributed by atoms with E-state index in [4.69, 9.17) is 28.6 Å². The first kappa shape index (κ1) is 85.8. The second-order valence-electron chi connectivity index (χ2n) is 33.4. The van der Waals surface area contributed by atoms with Gasteiger partial charge in [0.2, 0.25) is 11.0 Å². The fourth-order valence-electron chi connectivity index (χ4n) is 18.3. The lowest BCUT2D eigenvalue weighted by Gasteiger charge is -2.27. The van der Waals surface area contributed by atoms with Gasteiger partial charge in [0.1, 0.15) is 57.1 Å². The van der Waals surface area contributed by atoms with Crippen molar-refractivity contribution < 1.29 is 8.83 Å². The molecule has 0 saturated heterocycles. The first-order valence-corrected chi connectivity index (χ1v) is 45.5. The summed E-state index contributed by atoms with van der Waals surface area (Å²) >= 11 is 0. The van der Waals surface area contributed by atoms with E-state index >= 15 is 0 Å². The van der Waals surface area contributed by atoms with Crippen LogP contribution in [-0.2, 0) is 0 Å². The zero-order valence-electron chi connectivity index (χ0n) is 75.2. The lowest BCUT2D eigenvalue weighted by Crippen LogP contribution is -2.10. The summed E-state index contributed by atoms with van der Waals surface area (Å²) in [5.74, 6) is -0.890. The highest BCUT2D eigenvalue weighted by Gasteiger charge is 2.30. The van der Waals surface area contributed by atoms with Crippen LogP contribution in [0.2, 0.25) is 0 Å². The molecule has 141 heavy (non-hydrogen) atoms. The molecule has 17 nitrogen and oxygen atoms in total. The number of rotatable bonds is 16. The molecule has 0 amide bonds. The maximum absolute atomic E-state index is 9.30. The third-order valence-electron chi connectivity index (χ3n) is 25.1. The maximum atomic E-state index is 9.30. The van der Waals surface area contributed by atoms with Crippen LogP contribution in [0.25, 0.3) is 180 Å². The van der Waals surface area contributed by atoms with Crippen LogP contribution in [0, 0.1) is 53.7 Å². The van der Waals surface area contributed by atoms with Gasteiger partial charge in [0.15, 0.2) is 17.1 Å². The third-order valence-corrected chi connectivity index (χ3v) is 25.1. The minimum Gasteiger partial charge on any atom is -0.455 e. The number of anilines is 9. The van der Waals surface area contributed by atoms with Gasteiger partial charge in [-0.3, -0.25) is 0 Å². The molecular weight excluding hydrogens is 1730 g/mol. The monoisotopic (exact) mass is 1800 g/mol. The molecule has 5 heterocycles. The predicted octanol–water partition coefficient (Wildman–Crippen LogP) is 33.2. The lowest BCUT2D eigenvalue weighted by molar-refractivity contribution is 0.669. The van der Waals surface area contributed by atoms with Crippen LogP contribution in [-0.4, -0.2) is 29.9 Å². The molecule has 5 aromatic heterocycles. The van der Waals surface area contributed by atoms with Crippen molar-refractivity contribution in [3.05, 3.63) is 494 Å². The number of hydrogen-bond donors (Lipinski definition) is 0. The quantitative estimate of drug-likeness (QED) is 0.0654. The topological polar surface area (TPSA) is 198 Å². The molecule has 0 atom stereocenters. The number of benzene rings is 19. The Bertz CT molecular complexity index is 8590. The van der Waals surface area contributed by atoms with Gasteiger partial charge < -0.3 is 38.1 Å². The number of furan rings is 2. The molecule has 0 unspecified atom stereocenters. The molecule has 0 bridgehead atoms. The van der Waals surface area contributed by atoms with Crippen LogP contribution in [0.4, 0.5) is 68.6 Å². The van der Waals surface area contributed by atoms with Crippen molar-refractivity contribution >= 4 is 156 Å². The summed E-state index contributed by atoms with van der Waals surface area (Å²) in [5, 5.41) is 34.9. The number of aromatic nitrogens is 6. The standard InChI is InChI=1S/C54H35NO2.C52H38N2.C18N12/c1-2-10-36(11-3-1)37-20-22-38(23-21-37)39-24-30-42(31-25-39)55(43-32-26-40(27-33-43)45-14-8-16-49-47-12-4-6-18-51(47)56-53(45)49)44-34-28-41(29-35-44)46-15-9-17-50-48-13-5-7-19-52(48)57-54(46)50;1-4-13-39(14-5-1)41-23-31-47(32-24-41)53(48-33-25-42(26-34-48)40-15-6-2-7-16-40)49-35-27-43(28-36-49)44-29-37-50(38-30-44)54(46-19-8-3-9-20-46)52-22-12-18-45-17-10-11-21-51(45)52;1-22-16-9(6-21)27-12-10-11(26-8(5-20)7(4-19)25-10)14-15(13(12)28-16)30-18(24-3)17(23-2)29-14/h1-35H;1-38H;. The van der Waals surface area contributed by atoms with E-state index in [0.717, 1.165) is 117 Å². The highest BCUT2D eigenvalue weighted by Crippen LogP contribution is 2.47. The summed E-state index contributed by atoms with van der Waals surface area (Å²) in [6, 6.07) is 163. The third kappa shape index (κ3) is 16.6. The lowest BCUT2D eigenvalue weighted by atomic mass is 9.99. The molecule has 0 N–H and O–H groups in total. The largest absolute Gasteiger partial charge is 0.455 e. The molecule has 0 fully saturated rings. The van der Waals surface area contributed by atoms with Crippen molar-refractivity contribution in [2.24, 2.45) is 0 Å². The molecule has 0 aliphatic heterocycles. The van der Waals surface area contributed by atoms with Gasteiger partial charge in [0.05, 0.1) is 5.69 Å². The van der Waals surface area contributed by atoms with Crippen LogP contribution in [0.5, 0.6) is 0 Å². The molecule has 0 saturated carbocycles. The first-order chi connectivity index (χ1) is 69.6. The number of nitrogens with zero attached hydrogens (tertiary/aromatic N) is 15. The van der Waals surface area contributed by atoms with E-state index in [1.54, 1.807) is 18.2 Å². The van der Waals surface area contributed by atoms with Crippen molar-refractivity contribution in [2.75, 3.05) is 14.7 Å². The summed E-state index contributed by atoms with van der Waals surface area (Å²) in [4.78, 5) is 41.4. The Morgan fingerprint density at radius 1 is 0.206 bits per heavy atom. The second-order valence-corrected chi connectivity index (χ2v) is 33.4. The van der Waals surface area contributed by atoms with Crippen LogP contribution in [0.3, 0.4) is 0 Å². The zero-order valence-corrected chi connectivity index (χ0v) is 75.2. The maximum Gasteiger partial charge on any atom is 0.307 e. The Kier molecular flexibility index (Phi) is 23.0. The fraction of sp³-hybridized carbons (Fsp3) is 0. The van der Waals surface area contributed by atoms with E-state index in [1.807, 2.05) is 24.3 Å². The molecule has 17 heteroatoms. The SMILES string of the molecule is [C-]#[N+]c1nc2c(nc1C#N)c1nc(C#N)c(C#N)nc1c1nc([N+]#[C-])c([N+]#[C-])nc21.c1ccc(-c2ccc(-c3ccc(N(c4ccc(-c5cccc6c5oc5ccccc56)cc4)c4ccc(-c5cccc6c5oc5ccccc56)cc4)cc3)cc2)cc1.c1ccc(-c2ccc(N(c3ccc(-c4ccccc4)cc3)c3ccc(-c4ccc(N(c5ccccc5)c5cccc6ccccc56)cc4)cc3)cc2)cc1. The van der Waals surface area contributed by atoms with Crippen LogP contribution in [0.1, 0.15) is 17.1 Å². The Hall–Kier alpha value is -20.6. The van der Waals surface area contributed by atoms with Crippen molar-refractivity contribution in [3.8, 4) is 96.1 Å². The van der Waals surface area contributed by atoms with E-state index in [9.17, 15) is 15.8 Å². The smallest absolute Gasteiger partial charge is 0.307 e. The van der Waals surface area contributed by atoms with Gasteiger partial charge in [-0.25, -0.2) is 15.0 Å². The van der Waals surface area contributed by atoms with E-state index in [1.165, 1.54) is 66.4 Å². The number of para-hydroxylation sites is 5. The van der Waals surface area contributed by atoms with Gasteiger partial charge in [-0.2, -0.15) is 15.8 Å². The molecule has 24 rings (SSSR count). The van der Waals surface area contributed by atoms with Crippen molar-refractivity contribution in [1.29, 1.82) is 15.8 Å². The van der Waals surface area contributed by atoms with Crippen LogP contribution >= 0.6 is 0 Å². The van der Waals surface area contributed by atoms with Gasteiger partial charge in [-0.1, -0.05) is 347 Å². The summed E-state index contributed by atoms with van der Waals surface area (Å²) in [5.41, 5.74) is 28.9. The molecular formula is C124H73N15O2. The molecule has 0 aliphatic carbocycles. The van der Waals surface area contributed by atoms with Crippen LogP contribution in [0.15, 0.2) is 452 Å². The number of fused-ring (bicyclic) bond motifs is 13. The molecule has 24 aromatic rings. The van der Waals surface area contributed by atoms with Gasteiger partial charge in [0, 0.05) is 83.6 Å². The molecule has 0 radical (unpaired) electrons. The normalized spacial score (nSPS) is 10.9. The Morgan fingerprint density at radius 3 is 0.801 bits per heavy atom. The summed E-state index contributed by atoms with van der Waals surface area (Å²) in [6.45, 7) is 21.7. The minimum absolute atomic E-state index is 0.000622. The second kappa shape index (κ2) is 37.8. The summed E-state index contributed by atoms with van der Waals surface area (Å²) < 4.78 is 12.8. The fourth-order valence-corrected chi connectivity index (χ4v) is 18.3. The highest BCUT2D eigenvalue weighted by molar-refractivity contribution is 6.19. The molecule has 656 valence electrons. The Balaban J connectivity index is 0.000000127. The highest BCUT2D eigenvalue weighted by atomic mass is 16.3. The summed E-state index contributed by atoms with van der Waals surface area (Å²) in [6.07, 6.45) is 0. The zero-order chi connectivity index (χ0) is 95.2. The predicted molar refractivity (Wildman–Crippen MR) is 566 cm³/mol. The first-order valence-electron chi connectivity index (χ1n) is 45.5.